The Bertz CT molecular complexity index is 460. The average Bonchev–Trinajstić information content (AvgIpc) is 2.37. The maximum Gasteiger partial charge on any atom is 0.271 e. The fraction of sp³-hybridized carbons (Fsp3) is 0.571. The summed E-state index contributed by atoms with van der Waals surface area (Å²) in [6.45, 7) is 6.36. The highest BCUT2D eigenvalue weighted by atomic mass is 16.6. The van der Waals surface area contributed by atoms with Crippen LogP contribution in [-0.2, 0) is 0 Å². The molecule has 1 saturated heterocycles. The van der Waals surface area contributed by atoms with Crippen molar-refractivity contribution in [1.29, 1.82) is 0 Å². The average molecular weight is 263 g/mol. The summed E-state index contributed by atoms with van der Waals surface area (Å²) in [5.74, 6) is 0. The van der Waals surface area contributed by atoms with Crippen LogP contribution < -0.4 is 10.6 Å². The molecule has 1 fully saturated rings. The Balaban J connectivity index is 1.98. The topological polar surface area (TPSA) is 67.2 Å². The van der Waals surface area contributed by atoms with Gasteiger partial charge in [0.2, 0.25) is 0 Å². The summed E-state index contributed by atoms with van der Waals surface area (Å²) in [4.78, 5) is 10.4. The van der Waals surface area contributed by atoms with Crippen LogP contribution in [0, 0.1) is 15.5 Å². The number of nitro benzene ring substituents is 1. The maximum atomic E-state index is 10.7. The van der Waals surface area contributed by atoms with Gasteiger partial charge < -0.3 is 10.6 Å². The zero-order valence-corrected chi connectivity index (χ0v) is 11.5. The van der Waals surface area contributed by atoms with Crippen molar-refractivity contribution in [1.82, 2.24) is 5.32 Å². The Labute approximate surface area is 113 Å². The molecule has 19 heavy (non-hydrogen) atoms. The van der Waals surface area contributed by atoms with E-state index in [0.29, 0.717) is 6.04 Å². The van der Waals surface area contributed by atoms with Crippen LogP contribution in [-0.4, -0.2) is 24.1 Å². The number of benzene rings is 1. The first kappa shape index (κ1) is 13.8. The number of rotatable bonds is 4. The number of anilines is 1. The molecule has 2 rings (SSSR count). The van der Waals surface area contributed by atoms with Crippen LogP contribution in [0.5, 0.6) is 0 Å². The van der Waals surface area contributed by atoms with E-state index in [9.17, 15) is 10.1 Å². The van der Waals surface area contributed by atoms with Crippen molar-refractivity contribution in [2.75, 3.05) is 18.4 Å². The van der Waals surface area contributed by atoms with Crippen molar-refractivity contribution in [2.24, 2.45) is 5.41 Å². The molecule has 0 amide bonds. The number of nitro groups is 1. The van der Waals surface area contributed by atoms with Crippen LogP contribution in [0.15, 0.2) is 24.3 Å². The van der Waals surface area contributed by atoms with E-state index in [1.54, 1.807) is 12.1 Å². The summed E-state index contributed by atoms with van der Waals surface area (Å²) in [6, 6.07) is 7.05. The lowest BCUT2D eigenvalue weighted by Crippen LogP contribution is -2.50. The molecule has 0 aromatic heterocycles. The van der Waals surface area contributed by atoms with Crippen LogP contribution in [0.3, 0.4) is 0 Å². The summed E-state index contributed by atoms with van der Waals surface area (Å²) in [7, 11) is 0. The molecule has 0 aliphatic carbocycles. The number of hydrogen-bond donors (Lipinski definition) is 2. The SMILES string of the molecule is CC1(C)CCCNC1CNc1cccc([N+](=O)[O-])c1. The van der Waals surface area contributed by atoms with Gasteiger partial charge in [0.05, 0.1) is 4.92 Å². The van der Waals surface area contributed by atoms with Crippen LogP contribution in [0.4, 0.5) is 11.4 Å². The second-order valence-electron chi connectivity index (χ2n) is 5.79. The summed E-state index contributed by atoms with van der Waals surface area (Å²) >= 11 is 0. The van der Waals surface area contributed by atoms with Crippen LogP contribution >= 0.6 is 0 Å². The zero-order chi connectivity index (χ0) is 13.9. The molecule has 0 bridgehead atoms. The second-order valence-corrected chi connectivity index (χ2v) is 5.79. The third kappa shape index (κ3) is 3.44. The number of non-ortho nitro benzene ring substituents is 1. The lowest BCUT2D eigenvalue weighted by molar-refractivity contribution is -0.384. The Hall–Kier alpha value is -1.62. The standard InChI is InChI=1S/C14H21N3O2/c1-14(2)7-4-8-15-13(14)10-16-11-5-3-6-12(9-11)17(18)19/h3,5-6,9,13,15-16H,4,7-8,10H2,1-2H3. The summed E-state index contributed by atoms with van der Waals surface area (Å²) in [5.41, 5.74) is 1.18. The normalized spacial score (nSPS) is 21.9. The Morgan fingerprint density at radius 1 is 1.53 bits per heavy atom. The maximum absolute atomic E-state index is 10.7. The molecular weight excluding hydrogens is 242 g/mol. The van der Waals surface area contributed by atoms with E-state index < -0.39 is 0 Å². The third-order valence-corrected chi connectivity index (χ3v) is 3.90. The van der Waals surface area contributed by atoms with Crippen molar-refractivity contribution >= 4 is 11.4 Å². The van der Waals surface area contributed by atoms with Crippen LogP contribution in [0.2, 0.25) is 0 Å². The van der Waals surface area contributed by atoms with Gasteiger partial charge in [0, 0.05) is 30.4 Å². The number of hydrogen-bond acceptors (Lipinski definition) is 4. The molecule has 0 radical (unpaired) electrons. The summed E-state index contributed by atoms with van der Waals surface area (Å²) in [5, 5.41) is 17.5. The molecule has 0 saturated carbocycles. The van der Waals surface area contributed by atoms with E-state index in [2.05, 4.69) is 24.5 Å². The molecule has 1 heterocycles. The molecule has 5 heteroatoms. The summed E-state index contributed by atoms with van der Waals surface area (Å²) in [6.07, 6.45) is 2.42. The van der Waals surface area contributed by atoms with Gasteiger partial charge in [-0.15, -0.1) is 0 Å². The molecule has 1 aromatic rings. The van der Waals surface area contributed by atoms with Crippen molar-refractivity contribution in [3.8, 4) is 0 Å². The number of nitrogens with zero attached hydrogens (tertiary/aromatic N) is 1. The minimum atomic E-state index is -0.367. The predicted molar refractivity (Wildman–Crippen MR) is 76.4 cm³/mol. The van der Waals surface area contributed by atoms with Gasteiger partial charge in [-0.25, -0.2) is 0 Å². The Morgan fingerprint density at radius 2 is 2.32 bits per heavy atom. The largest absolute Gasteiger partial charge is 0.383 e. The van der Waals surface area contributed by atoms with Crippen molar-refractivity contribution in [3.63, 3.8) is 0 Å². The lowest BCUT2D eigenvalue weighted by Gasteiger charge is -2.39. The molecule has 2 N–H and O–H groups in total. The van der Waals surface area contributed by atoms with Gasteiger partial charge >= 0.3 is 0 Å². The molecular formula is C14H21N3O2. The molecule has 1 aromatic carbocycles. The number of piperidine rings is 1. The molecule has 1 aliphatic heterocycles. The van der Waals surface area contributed by atoms with Crippen LogP contribution in [0.1, 0.15) is 26.7 Å². The zero-order valence-electron chi connectivity index (χ0n) is 11.5. The predicted octanol–water partition coefficient (Wildman–Crippen LogP) is 2.78. The van der Waals surface area contributed by atoms with Gasteiger partial charge in [-0.05, 0) is 30.9 Å². The Kier molecular flexibility index (Phi) is 4.04. The number of nitrogens with one attached hydrogen (secondary N) is 2. The first-order valence-electron chi connectivity index (χ1n) is 6.71. The minimum Gasteiger partial charge on any atom is -0.383 e. The van der Waals surface area contributed by atoms with E-state index in [0.717, 1.165) is 18.8 Å². The van der Waals surface area contributed by atoms with Crippen LogP contribution in [0.25, 0.3) is 0 Å². The third-order valence-electron chi connectivity index (χ3n) is 3.90. The molecule has 0 spiro atoms. The molecule has 5 nitrogen and oxygen atoms in total. The van der Waals surface area contributed by atoms with Crippen molar-refractivity contribution in [2.45, 2.75) is 32.7 Å². The highest BCUT2D eigenvalue weighted by molar-refractivity contribution is 5.51. The minimum absolute atomic E-state index is 0.126. The smallest absolute Gasteiger partial charge is 0.271 e. The molecule has 1 aliphatic rings. The second kappa shape index (κ2) is 5.57. The first-order chi connectivity index (χ1) is 8.99. The summed E-state index contributed by atoms with van der Waals surface area (Å²) < 4.78 is 0. The van der Waals surface area contributed by atoms with Gasteiger partial charge in [-0.1, -0.05) is 19.9 Å². The van der Waals surface area contributed by atoms with Gasteiger partial charge in [0.15, 0.2) is 0 Å². The van der Waals surface area contributed by atoms with E-state index in [4.69, 9.17) is 0 Å². The van der Waals surface area contributed by atoms with Gasteiger partial charge in [0.25, 0.3) is 5.69 Å². The fourth-order valence-electron chi connectivity index (χ4n) is 2.57. The molecule has 104 valence electrons. The van der Waals surface area contributed by atoms with E-state index >= 15 is 0 Å². The van der Waals surface area contributed by atoms with Crippen molar-refractivity contribution < 1.29 is 4.92 Å². The highest BCUT2D eigenvalue weighted by Gasteiger charge is 2.31. The monoisotopic (exact) mass is 263 g/mol. The quantitative estimate of drug-likeness (QED) is 0.647. The van der Waals surface area contributed by atoms with Crippen molar-refractivity contribution in [3.05, 3.63) is 34.4 Å². The molecule has 1 atom stereocenters. The first-order valence-corrected chi connectivity index (χ1v) is 6.71. The Morgan fingerprint density at radius 3 is 3.00 bits per heavy atom. The van der Waals surface area contributed by atoms with E-state index in [-0.39, 0.29) is 16.0 Å². The lowest BCUT2D eigenvalue weighted by atomic mass is 9.77. The highest BCUT2D eigenvalue weighted by Crippen LogP contribution is 2.30. The van der Waals surface area contributed by atoms with Gasteiger partial charge in [0.1, 0.15) is 0 Å². The molecule has 1 unspecified atom stereocenters. The van der Waals surface area contributed by atoms with Gasteiger partial charge in [-0.2, -0.15) is 0 Å². The van der Waals surface area contributed by atoms with E-state index in [1.807, 2.05) is 6.07 Å². The fourth-order valence-corrected chi connectivity index (χ4v) is 2.57. The van der Waals surface area contributed by atoms with Gasteiger partial charge in [-0.3, -0.25) is 10.1 Å². The van der Waals surface area contributed by atoms with E-state index in [1.165, 1.54) is 18.9 Å².